The lowest BCUT2D eigenvalue weighted by Crippen LogP contribution is -2.16. The summed E-state index contributed by atoms with van der Waals surface area (Å²) in [7, 11) is -1.55. The highest BCUT2D eigenvalue weighted by atomic mass is 28.3. The Morgan fingerprint density at radius 3 is 2.64 bits per heavy atom. The van der Waals surface area contributed by atoms with E-state index in [2.05, 4.69) is 41.1 Å². The third-order valence-electron chi connectivity index (χ3n) is 5.41. The molecular formula is C26H23FN4OSi. The number of aliphatic imine (C=N–C) groups is 1. The number of oxazole rings is 1. The van der Waals surface area contributed by atoms with E-state index >= 15 is 0 Å². The second kappa shape index (κ2) is 7.98. The molecule has 33 heavy (non-hydrogen) atoms. The van der Waals surface area contributed by atoms with Crippen molar-refractivity contribution in [2.75, 3.05) is 0 Å². The first kappa shape index (κ1) is 21.1. The van der Waals surface area contributed by atoms with Gasteiger partial charge in [0.2, 0.25) is 0 Å². The number of imidazole rings is 1. The Labute approximate surface area is 193 Å². The zero-order valence-corrected chi connectivity index (χ0v) is 19.9. The van der Waals surface area contributed by atoms with Gasteiger partial charge in [-0.2, -0.15) is 0 Å². The van der Waals surface area contributed by atoms with Gasteiger partial charge in [0.05, 0.1) is 29.3 Å². The van der Waals surface area contributed by atoms with E-state index in [0.29, 0.717) is 22.7 Å². The molecule has 0 radical (unpaired) electrons. The van der Waals surface area contributed by atoms with Gasteiger partial charge >= 0.3 is 0 Å². The van der Waals surface area contributed by atoms with Gasteiger partial charge in [-0.05, 0) is 37.3 Å². The first-order valence-electron chi connectivity index (χ1n) is 10.8. The Kier molecular flexibility index (Phi) is 5.10. The summed E-state index contributed by atoms with van der Waals surface area (Å²) in [4.78, 5) is 13.6. The van der Waals surface area contributed by atoms with E-state index in [0.717, 1.165) is 22.5 Å². The molecule has 2 aromatic carbocycles. The number of hydrogen-bond donors (Lipinski definition) is 0. The minimum absolute atomic E-state index is 0.300. The summed E-state index contributed by atoms with van der Waals surface area (Å²) in [6.45, 7) is 8.60. The molecule has 5 rings (SSSR count). The van der Waals surface area contributed by atoms with E-state index in [4.69, 9.17) is 9.41 Å². The molecule has 0 spiro atoms. The molecule has 5 nitrogen and oxygen atoms in total. The molecule has 0 aliphatic carbocycles. The van der Waals surface area contributed by atoms with Gasteiger partial charge in [0.15, 0.2) is 12.2 Å². The van der Waals surface area contributed by atoms with Crippen LogP contribution in [0.1, 0.15) is 35.3 Å². The lowest BCUT2D eigenvalue weighted by molar-refractivity contribution is 0.568. The fourth-order valence-electron chi connectivity index (χ4n) is 3.94. The zero-order valence-electron chi connectivity index (χ0n) is 18.9. The second-order valence-electron chi connectivity index (χ2n) is 9.08. The second-order valence-corrected chi connectivity index (χ2v) is 13.8. The molecule has 1 aliphatic rings. The molecule has 0 amide bonds. The first-order valence-corrected chi connectivity index (χ1v) is 14.3. The predicted octanol–water partition coefficient (Wildman–Crippen LogP) is 5.81. The van der Waals surface area contributed by atoms with E-state index in [1.807, 2.05) is 35.8 Å². The maximum atomic E-state index is 14.9. The van der Waals surface area contributed by atoms with Crippen LogP contribution in [0.25, 0.3) is 17.1 Å². The minimum atomic E-state index is -1.55. The van der Waals surface area contributed by atoms with Crippen LogP contribution < -0.4 is 0 Å². The highest BCUT2D eigenvalue weighted by Gasteiger charge is 2.28. The molecule has 3 heterocycles. The average Bonchev–Trinajstić information content (AvgIpc) is 3.44. The van der Waals surface area contributed by atoms with Gasteiger partial charge in [-0.15, -0.1) is 5.54 Å². The summed E-state index contributed by atoms with van der Waals surface area (Å²) in [5, 5.41) is 0. The van der Waals surface area contributed by atoms with E-state index in [1.165, 1.54) is 12.5 Å². The monoisotopic (exact) mass is 454 g/mol. The maximum absolute atomic E-state index is 14.9. The Balaban J connectivity index is 1.78. The van der Waals surface area contributed by atoms with Crippen molar-refractivity contribution in [2.24, 2.45) is 4.99 Å². The van der Waals surface area contributed by atoms with Crippen molar-refractivity contribution in [3.63, 3.8) is 0 Å². The average molecular weight is 455 g/mol. The molecule has 2 aromatic heterocycles. The Morgan fingerprint density at radius 2 is 1.91 bits per heavy atom. The van der Waals surface area contributed by atoms with Crippen LogP contribution in [0.2, 0.25) is 19.6 Å². The van der Waals surface area contributed by atoms with Crippen molar-refractivity contribution in [1.82, 2.24) is 14.5 Å². The lowest BCUT2D eigenvalue weighted by atomic mass is 9.98. The molecule has 1 aliphatic heterocycles. The summed E-state index contributed by atoms with van der Waals surface area (Å²) < 4.78 is 22.5. The molecule has 0 unspecified atom stereocenters. The summed E-state index contributed by atoms with van der Waals surface area (Å²) in [5.41, 5.74) is 8.57. The number of benzene rings is 2. The van der Waals surface area contributed by atoms with Crippen LogP contribution in [0, 0.1) is 17.3 Å². The van der Waals surface area contributed by atoms with Gasteiger partial charge in [0.25, 0.3) is 0 Å². The van der Waals surface area contributed by atoms with Crippen LogP contribution >= 0.6 is 0 Å². The summed E-state index contributed by atoms with van der Waals surface area (Å²) >= 11 is 0. The molecule has 4 aromatic rings. The number of fused-ring (bicyclic) bond motifs is 3. The Bertz CT molecular complexity index is 1440. The molecule has 164 valence electrons. The molecule has 1 atom stereocenters. The standard InChI is InChI=1S/C26H23FN4OSi/c1-17-26-25(23-14-28-16-32-23)29-15-31(26)22-10-9-18(11-12-33(2,3)4)13-20(22)24(30-17)19-7-5-6-8-21(19)27/h5-10,13-17H,1-4H3/t17-/m0/s1. The van der Waals surface area contributed by atoms with Crippen molar-refractivity contribution >= 4 is 13.8 Å². The van der Waals surface area contributed by atoms with Gasteiger partial charge in [0.1, 0.15) is 25.9 Å². The van der Waals surface area contributed by atoms with Crippen LogP contribution in [0.3, 0.4) is 0 Å². The van der Waals surface area contributed by atoms with E-state index in [-0.39, 0.29) is 11.9 Å². The minimum Gasteiger partial charge on any atom is -0.442 e. The summed E-state index contributed by atoms with van der Waals surface area (Å²) in [6.07, 6.45) is 4.78. The number of rotatable bonds is 2. The van der Waals surface area contributed by atoms with Crippen LogP contribution in [0.4, 0.5) is 4.39 Å². The van der Waals surface area contributed by atoms with Crippen LogP contribution in [0.5, 0.6) is 0 Å². The number of aromatic nitrogens is 3. The van der Waals surface area contributed by atoms with E-state index in [1.54, 1.807) is 24.7 Å². The molecule has 0 saturated carbocycles. The third-order valence-corrected chi connectivity index (χ3v) is 6.29. The number of nitrogens with zero attached hydrogens (tertiary/aromatic N) is 4. The maximum Gasteiger partial charge on any atom is 0.181 e. The largest absolute Gasteiger partial charge is 0.442 e. The van der Waals surface area contributed by atoms with Crippen molar-refractivity contribution < 1.29 is 8.81 Å². The molecular weight excluding hydrogens is 431 g/mol. The molecule has 7 heteroatoms. The topological polar surface area (TPSA) is 56.2 Å². The first-order chi connectivity index (χ1) is 15.8. The fourth-order valence-corrected chi connectivity index (χ4v) is 4.46. The number of halogens is 1. The van der Waals surface area contributed by atoms with Gasteiger partial charge in [-0.3, -0.25) is 9.56 Å². The predicted molar refractivity (Wildman–Crippen MR) is 130 cm³/mol. The number of hydrogen-bond acceptors (Lipinski definition) is 4. The quantitative estimate of drug-likeness (QED) is 0.284. The smallest absolute Gasteiger partial charge is 0.181 e. The molecule has 0 N–H and O–H groups in total. The summed E-state index contributed by atoms with van der Waals surface area (Å²) in [5.74, 6) is 3.58. The Hall–Kier alpha value is -3.76. The van der Waals surface area contributed by atoms with Gasteiger partial charge < -0.3 is 4.42 Å². The SMILES string of the molecule is C[C@@H]1N=C(c2ccccc2F)c2cc(C#C[Si](C)(C)C)ccc2-n2cnc(-c3cnco3)c21. The van der Waals surface area contributed by atoms with Gasteiger partial charge in [-0.1, -0.05) is 37.7 Å². The van der Waals surface area contributed by atoms with Crippen molar-refractivity contribution in [2.45, 2.75) is 32.6 Å². The van der Waals surface area contributed by atoms with Crippen LogP contribution in [-0.4, -0.2) is 28.3 Å². The molecule has 0 fully saturated rings. The van der Waals surface area contributed by atoms with E-state index < -0.39 is 8.07 Å². The normalized spacial score (nSPS) is 15.1. The van der Waals surface area contributed by atoms with Crippen molar-refractivity contribution in [3.8, 4) is 28.6 Å². The van der Waals surface area contributed by atoms with Crippen LogP contribution in [-0.2, 0) is 0 Å². The van der Waals surface area contributed by atoms with Crippen molar-refractivity contribution in [3.05, 3.63) is 89.6 Å². The van der Waals surface area contributed by atoms with Crippen LogP contribution in [0.15, 0.2) is 70.8 Å². The van der Waals surface area contributed by atoms with Gasteiger partial charge in [0, 0.05) is 16.7 Å². The highest BCUT2D eigenvalue weighted by Crippen LogP contribution is 2.36. The lowest BCUT2D eigenvalue weighted by Gasteiger charge is -2.13. The fraction of sp³-hybridized carbons (Fsp3) is 0.192. The van der Waals surface area contributed by atoms with E-state index in [9.17, 15) is 4.39 Å². The zero-order chi connectivity index (χ0) is 23.2. The summed E-state index contributed by atoms with van der Waals surface area (Å²) in [6, 6.07) is 12.4. The highest BCUT2D eigenvalue weighted by molar-refractivity contribution is 6.83. The van der Waals surface area contributed by atoms with Gasteiger partial charge in [-0.25, -0.2) is 14.4 Å². The molecule has 0 saturated heterocycles. The third kappa shape index (κ3) is 3.94. The Morgan fingerprint density at radius 1 is 1.09 bits per heavy atom. The molecule has 0 bridgehead atoms. The van der Waals surface area contributed by atoms with Crippen molar-refractivity contribution in [1.29, 1.82) is 0 Å².